The summed E-state index contributed by atoms with van der Waals surface area (Å²) in [5, 5.41) is 0. The zero-order chi connectivity index (χ0) is 12.9. The lowest BCUT2D eigenvalue weighted by Gasteiger charge is -2.07. The maximum absolute atomic E-state index is 10.9. The smallest absolute Gasteiger partial charge is 0.306 e. The zero-order valence-corrected chi connectivity index (χ0v) is 11.1. The molecular weight excluding hydrogens is 236 g/mol. The van der Waals surface area contributed by atoms with E-state index in [0.717, 1.165) is 25.5 Å². The summed E-state index contributed by atoms with van der Waals surface area (Å²) in [6.45, 7) is 5.75. The second kappa shape index (κ2) is 5.87. The summed E-state index contributed by atoms with van der Waals surface area (Å²) in [5.41, 5.74) is 1.93. The summed E-state index contributed by atoms with van der Waals surface area (Å²) >= 11 is 0. The molecule has 1 aromatic rings. The van der Waals surface area contributed by atoms with Crippen LogP contribution in [0.1, 0.15) is 30.9 Å². The molecule has 0 radical (unpaired) electrons. The van der Waals surface area contributed by atoms with E-state index in [1.54, 1.807) is 0 Å². The van der Waals surface area contributed by atoms with E-state index in [4.69, 9.17) is 4.18 Å². The van der Waals surface area contributed by atoms with Crippen LogP contribution in [-0.2, 0) is 20.7 Å². The van der Waals surface area contributed by atoms with Gasteiger partial charge in [-0.1, -0.05) is 44.2 Å². The van der Waals surface area contributed by atoms with Crippen molar-refractivity contribution < 1.29 is 12.6 Å². The van der Waals surface area contributed by atoms with Crippen molar-refractivity contribution in [3.63, 3.8) is 0 Å². The fraction of sp³-hybridized carbons (Fsp3) is 0.385. The van der Waals surface area contributed by atoms with Crippen molar-refractivity contribution in [1.82, 2.24) is 0 Å². The molecule has 0 unspecified atom stereocenters. The van der Waals surface area contributed by atoms with Crippen molar-refractivity contribution in [3.8, 4) is 0 Å². The molecule has 17 heavy (non-hydrogen) atoms. The highest BCUT2D eigenvalue weighted by atomic mass is 32.2. The first-order chi connectivity index (χ1) is 7.92. The van der Waals surface area contributed by atoms with Crippen LogP contribution >= 0.6 is 0 Å². The van der Waals surface area contributed by atoms with Gasteiger partial charge in [0.2, 0.25) is 0 Å². The first-order valence-corrected chi connectivity index (χ1v) is 7.41. The van der Waals surface area contributed by atoms with Crippen LogP contribution in [0.5, 0.6) is 0 Å². The third-order valence-electron chi connectivity index (χ3n) is 2.35. The van der Waals surface area contributed by atoms with Gasteiger partial charge in [0.05, 0.1) is 6.26 Å². The maximum atomic E-state index is 10.9. The van der Waals surface area contributed by atoms with Gasteiger partial charge in [0, 0.05) is 5.56 Å². The van der Waals surface area contributed by atoms with E-state index in [1.165, 1.54) is 5.56 Å². The van der Waals surface area contributed by atoms with Gasteiger partial charge in [0.15, 0.2) is 0 Å². The standard InChI is InChI=1S/C13H18O3S/c1-4-5-6-12-7-9-13(10-8-12)11(2)16-17(3,14)15/h7-10H,2,4-6H2,1,3H3. The molecule has 1 rings (SSSR count). The third-order valence-corrected chi connectivity index (χ3v) is 2.85. The fourth-order valence-corrected chi connectivity index (χ4v) is 1.93. The molecule has 0 bridgehead atoms. The molecule has 0 N–H and O–H groups in total. The van der Waals surface area contributed by atoms with Gasteiger partial charge in [0.1, 0.15) is 5.76 Å². The first-order valence-electron chi connectivity index (χ1n) is 5.60. The number of unbranched alkanes of at least 4 members (excludes halogenated alkanes) is 1. The zero-order valence-electron chi connectivity index (χ0n) is 10.3. The molecule has 3 nitrogen and oxygen atoms in total. The van der Waals surface area contributed by atoms with Gasteiger partial charge in [-0.3, -0.25) is 0 Å². The Morgan fingerprint density at radius 3 is 2.35 bits per heavy atom. The fourth-order valence-electron chi connectivity index (χ4n) is 1.47. The molecule has 0 amide bonds. The Balaban J connectivity index is 2.70. The average molecular weight is 254 g/mol. The van der Waals surface area contributed by atoms with Gasteiger partial charge in [0.25, 0.3) is 0 Å². The highest BCUT2D eigenvalue weighted by Gasteiger charge is 2.07. The van der Waals surface area contributed by atoms with Crippen molar-refractivity contribution in [2.45, 2.75) is 26.2 Å². The van der Waals surface area contributed by atoms with Gasteiger partial charge in [-0.2, -0.15) is 8.42 Å². The summed E-state index contributed by atoms with van der Waals surface area (Å²) in [4.78, 5) is 0. The highest BCUT2D eigenvalue weighted by molar-refractivity contribution is 7.86. The van der Waals surface area contributed by atoms with Crippen LogP contribution in [0.4, 0.5) is 0 Å². The largest absolute Gasteiger partial charge is 0.383 e. The van der Waals surface area contributed by atoms with Gasteiger partial charge in [-0.05, 0) is 18.4 Å². The molecule has 0 fully saturated rings. The molecule has 0 aliphatic carbocycles. The molecule has 1 aromatic carbocycles. The van der Waals surface area contributed by atoms with E-state index in [-0.39, 0.29) is 5.76 Å². The second-order valence-corrected chi connectivity index (χ2v) is 5.59. The summed E-state index contributed by atoms with van der Waals surface area (Å²) in [6, 6.07) is 7.61. The molecule has 0 saturated heterocycles. The maximum Gasteiger partial charge on any atom is 0.306 e. The minimum absolute atomic E-state index is 0.162. The summed E-state index contributed by atoms with van der Waals surface area (Å²) in [6.07, 6.45) is 4.36. The Morgan fingerprint density at radius 2 is 1.88 bits per heavy atom. The normalized spacial score (nSPS) is 11.2. The average Bonchev–Trinajstić information content (AvgIpc) is 2.24. The van der Waals surface area contributed by atoms with Crippen molar-refractivity contribution in [3.05, 3.63) is 42.0 Å². The number of aryl methyl sites for hydroxylation is 1. The lowest BCUT2D eigenvalue weighted by molar-refractivity contribution is 0.471. The van der Waals surface area contributed by atoms with E-state index in [0.29, 0.717) is 5.56 Å². The number of rotatable bonds is 6. The Labute approximate surface area is 103 Å². The Hall–Kier alpha value is -1.29. The van der Waals surface area contributed by atoms with Crippen LogP contribution in [-0.4, -0.2) is 14.7 Å². The molecule has 0 aromatic heterocycles. The van der Waals surface area contributed by atoms with Crippen molar-refractivity contribution in [1.29, 1.82) is 0 Å². The minimum Gasteiger partial charge on any atom is -0.383 e. The van der Waals surface area contributed by atoms with Gasteiger partial charge in [-0.25, -0.2) is 0 Å². The third kappa shape index (κ3) is 5.04. The first kappa shape index (κ1) is 13.8. The minimum atomic E-state index is -3.50. The summed E-state index contributed by atoms with van der Waals surface area (Å²) < 4.78 is 26.6. The van der Waals surface area contributed by atoms with Crippen LogP contribution in [0.2, 0.25) is 0 Å². The van der Waals surface area contributed by atoms with Crippen molar-refractivity contribution >= 4 is 15.9 Å². The lowest BCUT2D eigenvalue weighted by atomic mass is 10.1. The Kier molecular flexibility index (Phi) is 4.75. The predicted octanol–water partition coefficient (Wildman–Crippen LogP) is 2.98. The van der Waals surface area contributed by atoms with Crippen molar-refractivity contribution in [2.75, 3.05) is 6.26 Å². The topological polar surface area (TPSA) is 43.4 Å². The van der Waals surface area contributed by atoms with E-state index in [1.807, 2.05) is 24.3 Å². The molecule has 0 heterocycles. The molecule has 0 aliphatic rings. The van der Waals surface area contributed by atoms with E-state index < -0.39 is 10.1 Å². The van der Waals surface area contributed by atoms with Crippen LogP contribution in [0.3, 0.4) is 0 Å². The molecule has 0 atom stereocenters. The Bertz CT molecular complexity index is 472. The van der Waals surface area contributed by atoms with Crippen LogP contribution < -0.4 is 0 Å². The number of benzene rings is 1. The molecule has 4 heteroatoms. The van der Waals surface area contributed by atoms with Gasteiger partial charge >= 0.3 is 10.1 Å². The molecule has 0 saturated carbocycles. The molecule has 0 spiro atoms. The quantitative estimate of drug-likeness (QED) is 0.579. The van der Waals surface area contributed by atoms with Crippen molar-refractivity contribution in [2.24, 2.45) is 0 Å². The van der Waals surface area contributed by atoms with E-state index in [2.05, 4.69) is 13.5 Å². The van der Waals surface area contributed by atoms with Gasteiger partial charge in [-0.15, -0.1) is 0 Å². The number of hydrogen-bond donors (Lipinski definition) is 0. The van der Waals surface area contributed by atoms with Crippen LogP contribution in [0.25, 0.3) is 5.76 Å². The number of hydrogen-bond acceptors (Lipinski definition) is 3. The van der Waals surface area contributed by atoms with Crippen LogP contribution in [0.15, 0.2) is 30.8 Å². The Morgan fingerprint density at radius 1 is 1.29 bits per heavy atom. The van der Waals surface area contributed by atoms with E-state index >= 15 is 0 Å². The monoisotopic (exact) mass is 254 g/mol. The van der Waals surface area contributed by atoms with Crippen LogP contribution in [0, 0.1) is 0 Å². The molecule has 94 valence electrons. The highest BCUT2D eigenvalue weighted by Crippen LogP contribution is 2.17. The summed E-state index contributed by atoms with van der Waals surface area (Å²) in [5.74, 6) is 0.162. The van der Waals surface area contributed by atoms with Gasteiger partial charge < -0.3 is 4.18 Å². The molecular formula is C13H18O3S. The summed E-state index contributed by atoms with van der Waals surface area (Å²) in [7, 11) is -3.50. The lowest BCUT2D eigenvalue weighted by Crippen LogP contribution is -2.01. The predicted molar refractivity (Wildman–Crippen MR) is 70.0 cm³/mol. The van der Waals surface area contributed by atoms with E-state index in [9.17, 15) is 8.42 Å². The second-order valence-electron chi connectivity index (χ2n) is 4.01. The molecule has 0 aliphatic heterocycles. The SMILES string of the molecule is C=C(OS(C)(=O)=O)c1ccc(CCCC)cc1.